The first-order valence-corrected chi connectivity index (χ1v) is 6.55. The predicted octanol–water partition coefficient (Wildman–Crippen LogP) is 3.59. The van der Waals surface area contributed by atoms with E-state index in [1.54, 1.807) is 16.7 Å². The number of hydrogen-bond donors (Lipinski definition) is 1. The highest BCUT2D eigenvalue weighted by atomic mass is 32.1. The predicted molar refractivity (Wildman–Crippen MR) is 74.0 cm³/mol. The molecular formula is C13H16FN3OS. The number of rotatable bonds is 4. The number of halogens is 1. The largest absolute Gasteiger partial charge is 0.491 e. The number of H-pyrrole nitrogens is 1. The molecule has 2 rings (SSSR count). The van der Waals surface area contributed by atoms with Gasteiger partial charge in [-0.15, -0.1) is 0 Å². The molecule has 0 saturated heterocycles. The Labute approximate surface area is 116 Å². The van der Waals surface area contributed by atoms with Gasteiger partial charge in [0.2, 0.25) is 0 Å². The summed E-state index contributed by atoms with van der Waals surface area (Å²) in [5.41, 5.74) is 0.642. The zero-order valence-corrected chi connectivity index (χ0v) is 11.9. The van der Waals surface area contributed by atoms with Crippen molar-refractivity contribution in [2.45, 2.75) is 26.7 Å². The average Bonchev–Trinajstić information content (AvgIpc) is 2.74. The molecule has 1 aromatic carbocycles. The van der Waals surface area contributed by atoms with Crippen LogP contribution in [-0.2, 0) is 0 Å². The topological polar surface area (TPSA) is 42.8 Å². The van der Waals surface area contributed by atoms with Gasteiger partial charge in [-0.2, -0.15) is 5.10 Å². The first kappa shape index (κ1) is 13.7. The third-order valence-corrected chi connectivity index (χ3v) is 2.96. The van der Waals surface area contributed by atoms with Crippen molar-refractivity contribution in [1.29, 1.82) is 0 Å². The normalized spacial score (nSPS) is 11.0. The Hall–Kier alpha value is -1.69. The zero-order chi connectivity index (χ0) is 14.0. The summed E-state index contributed by atoms with van der Waals surface area (Å²) in [5, 5.41) is 6.91. The Morgan fingerprint density at radius 3 is 2.79 bits per heavy atom. The van der Waals surface area contributed by atoms with E-state index in [4.69, 9.17) is 17.0 Å². The van der Waals surface area contributed by atoms with Crippen LogP contribution in [0, 0.1) is 10.6 Å². The molecule has 0 saturated carbocycles. The van der Waals surface area contributed by atoms with Crippen LogP contribution >= 0.6 is 12.2 Å². The molecule has 1 N–H and O–H groups in total. The van der Waals surface area contributed by atoms with E-state index in [2.05, 4.69) is 10.2 Å². The van der Waals surface area contributed by atoms with Crippen LogP contribution in [0.5, 0.6) is 5.75 Å². The van der Waals surface area contributed by atoms with Crippen molar-refractivity contribution in [3.63, 3.8) is 0 Å². The lowest BCUT2D eigenvalue weighted by molar-refractivity contribution is 0.321. The Morgan fingerprint density at radius 2 is 2.21 bits per heavy atom. The number of nitrogens with zero attached hydrogens (tertiary/aromatic N) is 2. The van der Waals surface area contributed by atoms with Gasteiger partial charge in [0.05, 0.1) is 12.3 Å². The van der Waals surface area contributed by atoms with Gasteiger partial charge in [-0.25, -0.2) is 4.39 Å². The van der Waals surface area contributed by atoms with Crippen LogP contribution < -0.4 is 4.74 Å². The van der Waals surface area contributed by atoms with Crippen molar-refractivity contribution in [2.75, 3.05) is 6.61 Å². The molecule has 1 heterocycles. The summed E-state index contributed by atoms with van der Waals surface area (Å²) in [6.45, 7) is 6.26. The number of nitrogens with one attached hydrogen (secondary N) is 1. The molecule has 0 aliphatic heterocycles. The van der Waals surface area contributed by atoms with E-state index in [0.29, 0.717) is 17.1 Å². The van der Waals surface area contributed by atoms with Gasteiger partial charge < -0.3 is 4.74 Å². The quantitative estimate of drug-likeness (QED) is 0.871. The van der Waals surface area contributed by atoms with Crippen molar-refractivity contribution < 1.29 is 9.13 Å². The van der Waals surface area contributed by atoms with Gasteiger partial charge in [0.15, 0.2) is 16.3 Å². The summed E-state index contributed by atoms with van der Waals surface area (Å²) < 4.78 is 21.3. The molecule has 102 valence electrons. The number of hydrogen-bond acceptors (Lipinski definition) is 3. The molecule has 1 aromatic heterocycles. The smallest absolute Gasteiger partial charge is 0.199 e. The van der Waals surface area contributed by atoms with E-state index < -0.39 is 5.82 Å². The van der Waals surface area contributed by atoms with E-state index in [1.807, 2.05) is 20.8 Å². The van der Waals surface area contributed by atoms with Crippen molar-refractivity contribution in [3.8, 4) is 11.4 Å². The summed E-state index contributed by atoms with van der Waals surface area (Å²) in [6.07, 6.45) is 0. The molecular weight excluding hydrogens is 265 g/mol. The molecule has 0 aliphatic rings. The summed E-state index contributed by atoms with van der Waals surface area (Å²) >= 11 is 5.19. The molecule has 19 heavy (non-hydrogen) atoms. The lowest BCUT2D eigenvalue weighted by Gasteiger charge is -2.11. The van der Waals surface area contributed by atoms with Gasteiger partial charge >= 0.3 is 0 Å². The molecule has 4 nitrogen and oxygen atoms in total. The SMILES string of the molecule is CCOc1ccc(-n2c(C(C)C)n[nH]c2=S)cc1F. The van der Waals surface area contributed by atoms with E-state index in [-0.39, 0.29) is 11.7 Å². The van der Waals surface area contributed by atoms with Gasteiger partial charge in [0.25, 0.3) is 0 Å². The molecule has 2 aromatic rings. The Kier molecular flexibility index (Phi) is 3.99. The van der Waals surface area contributed by atoms with Crippen LogP contribution in [0.2, 0.25) is 0 Å². The van der Waals surface area contributed by atoms with E-state index in [9.17, 15) is 4.39 Å². The minimum atomic E-state index is -0.405. The van der Waals surface area contributed by atoms with Gasteiger partial charge in [0.1, 0.15) is 5.82 Å². The first-order valence-electron chi connectivity index (χ1n) is 6.14. The Morgan fingerprint density at radius 1 is 1.47 bits per heavy atom. The van der Waals surface area contributed by atoms with Crippen molar-refractivity contribution in [2.24, 2.45) is 0 Å². The maximum Gasteiger partial charge on any atom is 0.199 e. The summed E-state index contributed by atoms with van der Waals surface area (Å²) in [6, 6.07) is 4.78. The van der Waals surface area contributed by atoms with Crippen molar-refractivity contribution >= 4 is 12.2 Å². The molecule has 0 radical (unpaired) electrons. The molecule has 0 spiro atoms. The average molecular weight is 281 g/mol. The van der Waals surface area contributed by atoms with Gasteiger partial charge in [0, 0.05) is 12.0 Å². The van der Waals surface area contributed by atoms with E-state index in [1.165, 1.54) is 6.07 Å². The molecule has 0 bridgehead atoms. The number of benzene rings is 1. The molecule has 0 fully saturated rings. The Bertz CT molecular complexity index is 633. The summed E-state index contributed by atoms with van der Waals surface area (Å²) in [4.78, 5) is 0. The summed E-state index contributed by atoms with van der Waals surface area (Å²) in [7, 11) is 0. The van der Waals surface area contributed by atoms with Crippen LogP contribution in [0.3, 0.4) is 0 Å². The highest BCUT2D eigenvalue weighted by molar-refractivity contribution is 7.71. The molecule has 0 atom stereocenters. The minimum absolute atomic E-state index is 0.183. The second-order valence-electron chi connectivity index (χ2n) is 4.42. The number of aromatic nitrogens is 3. The van der Waals surface area contributed by atoms with Gasteiger partial charge in [-0.1, -0.05) is 13.8 Å². The maximum atomic E-state index is 13.9. The van der Waals surface area contributed by atoms with E-state index in [0.717, 1.165) is 5.82 Å². The number of aromatic amines is 1. The van der Waals surface area contributed by atoms with Crippen LogP contribution in [0.4, 0.5) is 4.39 Å². The standard InChI is InChI=1S/C13H16FN3OS/c1-4-18-11-6-5-9(7-10(11)14)17-12(8(2)3)15-16-13(17)19/h5-8H,4H2,1-3H3,(H,16,19). The second kappa shape index (κ2) is 5.52. The number of ether oxygens (including phenoxy) is 1. The zero-order valence-electron chi connectivity index (χ0n) is 11.1. The molecule has 0 unspecified atom stereocenters. The fourth-order valence-electron chi connectivity index (χ4n) is 1.85. The monoisotopic (exact) mass is 281 g/mol. The lowest BCUT2D eigenvalue weighted by atomic mass is 10.2. The van der Waals surface area contributed by atoms with Crippen molar-refractivity contribution in [3.05, 3.63) is 34.6 Å². The third kappa shape index (κ3) is 2.68. The maximum absolute atomic E-state index is 13.9. The minimum Gasteiger partial charge on any atom is -0.491 e. The highest BCUT2D eigenvalue weighted by Crippen LogP contribution is 2.23. The van der Waals surface area contributed by atoms with Gasteiger partial charge in [-0.05, 0) is 31.3 Å². The lowest BCUT2D eigenvalue weighted by Crippen LogP contribution is -2.04. The van der Waals surface area contributed by atoms with Crippen LogP contribution in [-0.4, -0.2) is 21.4 Å². The van der Waals surface area contributed by atoms with Crippen LogP contribution in [0.15, 0.2) is 18.2 Å². The van der Waals surface area contributed by atoms with Crippen molar-refractivity contribution in [1.82, 2.24) is 14.8 Å². The summed E-state index contributed by atoms with van der Waals surface area (Å²) in [5.74, 6) is 0.792. The van der Waals surface area contributed by atoms with Crippen LogP contribution in [0.1, 0.15) is 32.5 Å². The fourth-order valence-corrected chi connectivity index (χ4v) is 2.09. The third-order valence-electron chi connectivity index (χ3n) is 2.69. The second-order valence-corrected chi connectivity index (χ2v) is 4.81. The van der Waals surface area contributed by atoms with E-state index >= 15 is 0 Å². The fraction of sp³-hybridized carbons (Fsp3) is 0.385. The Balaban J connectivity index is 2.51. The molecule has 0 aliphatic carbocycles. The van der Waals surface area contributed by atoms with Gasteiger partial charge in [-0.3, -0.25) is 9.67 Å². The molecule has 0 amide bonds. The van der Waals surface area contributed by atoms with Crippen LogP contribution in [0.25, 0.3) is 5.69 Å². The molecule has 6 heteroatoms. The first-order chi connectivity index (χ1) is 9.04. The highest BCUT2D eigenvalue weighted by Gasteiger charge is 2.13.